The standard InChI is InChI=1S/C16H25N3O2S/c1-3-9-19(10-4-2)14(20)11-22-16-17-13-8-6-5-7-12(13)15(21)18-16/h3-11H2,1-2H3,(H,17,18,21). The molecule has 5 nitrogen and oxygen atoms in total. The van der Waals surface area contributed by atoms with E-state index in [1.54, 1.807) is 0 Å². The molecular weight excluding hydrogens is 298 g/mol. The van der Waals surface area contributed by atoms with Crippen LogP contribution in [0, 0.1) is 0 Å². The zero-order valence-corrected chi connectivity index (χ0v) is 14.3. The molecule has 1 N–H and O–H groups in total. The molecule has 0 unspecified atom stereocenters. The van der Waals surface area contributed by atoms with Gasteiger partial charge in [-0.05, 0) is 38.5 Å². The summed E-state index contributed by atoms with van der Waals surface area (Å²) in [5, 5.41) is 0.576. The Morgan fingerprint density at radius 1 is 1.23 bits per heavy atom. The number of amides is 1. The van der Waals surface area contributed by atoms with Crippen LogP contribution in [-0.4, -0.2) is 39.6 Å². The van der Waals surface area contributed by atoms with Crippen LogP contribution in [0.5, 0.6) is 0 Å². The number of rotatable bonds is 7. The maximum Gasteiger partial charge on any atom is 0.254 e. The normalized spacial score (nSPS) is 13.7. The van der Waals surface area contributed by atoms with Gasteiger partial charge in [0.2, 0.25) is 5.91 Å². The summed E-state index contributed by atoms with van der Waals surface area (Å²) in [7, 11) is 0. The Bertz CT molecular complexity index is 565. The van der Waals surface area contributed by atoms with Crippen molar-refractivity contribution >= 4 is 17.7 Å². The molecule has 22 heavy (non-hydrogen) atoms. The average molecular weight is 323 g/mol. The second-order valence-corrected chi connectivity index (χ2v) is 6.64. The molecule has 0 fully saturated rings. The fourth-order valence-corrected chi connectivity index (χ4v) is 3.55. The van der Waals surface area contributed by atoms with E-state index in [1.807, 2.05) is 4.90 Å². The summed E-state index contributed by atoms with van der Waals surface area (Å²) in [6.45, 7) is 5.74. The van der Waals surface area contributed by atoms with Crippen LogP contribution in [0.4, 0.5) is 0 Å². The molecule has 0 aromatic carbocycles. The molecule has 0 radical (unpaired) electrons. The van der Waals surface area contributed by atoms with Crippen molar-refractivity contribution in [1.29, 1.82) is 0 Å². The van der Waals surface area contributed by atoms with Crippen LogP contribution in [0.15, 0.2) is 9.95 Å². The van der Waals surface area contributed by atoms with Crippen LogP contribution >= 0.6 is 11.8 Å². The summed E-state index contributed by atoms with van der Waals surface area (Å²) in [6.07, 6.45) is 5.77. The Kier molecular flexibility index (Phi) is 6.49. The van der Waals surface area contributed by atoms with Crippen LogP contribution < -0.4 is 5.56 Å². The monoisotopic (exact) mass is 323 g/mol. The van der Waals surface area contributed by atoms with Crippen molar-refractivity contribution in [2.75, 3.05) is 18.8 Å². The molecule has 0 saturated carbocycles. The fraction of sp³-hybridized carbons (Fsp3) is 0.688. The SMILES string of the molecule is CCCN(CCC)C(=O)CSc1nc2c(c(=O)[nH]1)CCCC2. The lowest BCUT2D eigenvalue weighted by atomic mass is 9.97. The first kappa shape index (κ1) is 17.1. The van der Waals surface area contributed by atoms with E-state index in [1.165, 1.54) is 11.8 Å². The van der Waals surface area contributed by atoms with E-state index in [0.29, 0.717) is 10.9 Å². The van der Waals surface area contributed by atoms with Gasteiger partial charge in [0.05, 0.1) is 11.4 Å². The Labute approximate surface area is 135 Å². The van der Waals surface area contributed by atoms with E-state index in [9.17, 15) is 9.59 Å². The smallest absolute Gasteiger partial charge is 0.254 e. The fourth-order valence-electron chi connectivity index (χ4n) is 2.77. The third kappa shape index (κ3) is 4.35. The topological polar surface area (TPSA) is 66.1 Å². The van der Waals surface area contributed by atoms with Crippen LogP contribution in [0.2, 0.25) is 0 Å². The van der Waals surface area contributed by atoms with Crippen molar-refractivity contribution in [2.45, 2.75) is 57.5 Å². The quantitative estimate of drug-likeness (QED) is 0.618. The van der Waals surface area contributed by atoms with Gasteiger partial charge in [-0.25, -0.2) is 4.98 Å². The van der Waals surface area contributed by atoms with Crippen molar-refractivity contribution in [2.24, 2.45) is 0 Å². The number of aryl methyl sites for hydroxylation is 1. The van der Waals surface area contributed by atoms with E-state index >= 15 is 0 Å². The summed E-state index contributed by atoms with van der Waals surface area (Å²) in [6, 6.07) is 0. The summed E-state index contributed by atoms with van der Waals surface area (Å²) in [5.41, 5.74) is 1.73. The molecule has 1 aromatic heterocycles. The highest BCUT2D eigenvalue weighted by atomic mass is 32.2. The van der Waals surface area contributed by atoms with Crippen LogP contribution in [0.25, 0.3) is 0 Å². The lowest BCUT2D eigenvalue weighted by Gasteiger charge is -2.21. The van der Waals surface area contributed by atoms with Gasteiger partial charge in [0.1, 0.15) is 0 Å². The van der Waals surface area contributed by atoms with Crippen molar-refractivity contribution in [3.8, 4) is 0 Å². The summed E-state index contributed by atoms with van der Waals surface area (Å²) in [5.74, 6) is 0.455. The highest BCUT2D eigenvalue weighted by molar-refractivity contribution is 7.99. The van der Waals surface area contributed by atoms with E-state index in [-0.39, 0.29) is 11.5 Å². The Morgan fingerprint density at radius 3 is 2.59 bits per heavy atom. The van der Waals surface area contributed by atoms with Gasteiger partial charge >= 0.3 is 0 Å². The van der Waals surface area contributed by atoms with E-state index in [2.05, 4.69) is 23.8 Å². The van der Waals surface area contributed by atoms with Gasteiger partial charge in [0, 0.05) is 18.7 Å². The first-order valence-corrected chi connectivity index (χ1v) is 9.16. The number of nitrogens with one attached hydrogen (secondary N) is 1. The predicted octanol–water partition coefficient (Wildman–Crippen LogP) is 2.39. The molecule has 0 spiro atoms. The number of aromatic amines is 1. The largest absolute Gasteiger partial charge is 0.342 e. The number of H-pyrrole nitrogens is 1. The molecular formula is C16H25N3O2S. The average Bonchev–Trinajstić information content (AvgIpc) is 2.52. The summed E-state index contributed by atoms with van der Waals surface area (Å²) in [4.78, 5) is 33.6. The van der Waals surface area contributed by atoms with Crippen molar-refractivity contribution < 1.29 is 4.79 Å². The summed E-state index contributed by atoms with van der Waals surface area (Å²) >= 11 is 1.34. The number of nitrogens with zero attached hydrogens (tertiary/aromatic N) is 2. The van der Waals surface area contributed by atoms with Gasteiger partial charge in [0.15, 0.2) is 5.16 Å². The van der Waals surface area contributed by atoms with Crippen molar-refractivity contribution in [1.82, 2.24) is 14.9 Å². The molecule has 1 aliphatic carbocycles. The van der Waals surface area contributed by atoms with Crippen molar-refractivity contribution in [3.05, 3.63) is 21.6 Å². The second kappa shape index (κ2) is 8.36. The number of hydrogen-bond acceptors (Lipinski definition) is 4. The van der Waals surface area contributed by atoms with Gasteiger partial charge in [-0.15, -0.1) is 0 Å². The van der Waals surface area contributed by atoms with E-state index < -0.39 is 0 Å². The van der Waals surface area contributed by atoms with Gasteiger partial charge in [0.25, 0.3) is 5.56 Å². The minimum absolute atomic E-state index is 0.0291. The maximum absolute atomic E-state index is 12.3. The lowest BCUT2D eigenvalue weighted by Crippen LogP contribution is -2.34. The van der Waals surface area contributed by atoms with Crippen LogP contribution in [-0.2, 0) is 17.6 Å². The first-order valence-electron chi connectivity index (χ1n) is 8.18. The highest BCUT2D eigenvalue weighted by Crippen LogP contribution is 2.19. The molecule has 2 rings (SSSR count). The van der Waals surface area contributed by atoms with Gasteiger partial charge < -0.3 is 9.88 Å². The minimum atomic E-state index is -0.0291. The zero-order chi connectivity index (χ0) is 15.9. The Morgan fingerprint density at radius 2 is 1.91 bits per heavy atom. The summed E-state index contributed by atoms with van der Waals surface area (Å²) < 4.78 is 0. The van der Waals surface area contributed by atoms with Crippen molar-refractivity contribution in [3.63, 3.8) is 0 Å². The Balaban J connectivity index is 2.00. The third-order valence-corrected chi connectivity index (χ3v) is 4.70. The first-order chi connectivity index (χ1) is 10.7. The molecule has 6 heteroatoms. The number of hydrogen-bond donors (Lipinski definition) is 1. The zero-order valence-electron chi connectivity index (χ0n) is 13.5. The predicted molar refractivity (Wildman–Crippen MR) is 89.4 cm³/mol. The minimum Gasteiger partial charge on any atom is -0.342 e. The molecule has 1 aromatic rings. The lowest BCUT2D eigenvalue weighted by molar-refractivity contribution is -0.128. The number of thioether (sulfide) groups is 1. The number of carbonyl (C=O) groups is 1. The molecule has 122 valence electrons. The van der Waals surface area contributed by atoms with Crippen LogP contribution in [0.1, 0.15) is 50.8 Å². The molecule has 0 saturated heterocycles. The number of aromatic nitrogens is 2. The molecule has 0 aliphatic heterocycles. The number of fused-ring (bicyclic) bond motifs is 1. The van der Waals surface area contributed by atoms with Gasteiger partial charge in [-0.1, -0.05) is 25.6 Å². The third-order valence-electron chi connectivity index (χ3n) is 3.84. The van der Waals surface area contributed by atoms with Gasteiger partial charge in [-0.2, -0.15) is 0 Å². The van der Waals surface area contributed by atoms with E-state index in [4.69, 9.17) is 0 Å². The Hall–Kier alpha value is -1.30. The van der Waals surface area contributed by atoms with Gasteiger partial charge in [-0.3, -0.25) is 9.59 Å². The maximum atomic E-state index is 12.3. The van der Waals surface area contributed by atoms with E-state index in [0.717, 1.165) is 62.9 Å². The molecule has 0 bridgehead atoms. The molecule has 0 atom stereocenters. The molecule has 1 amide bonds. The van der Waals surface area contributed by atoms with Crippen LogP contribution in [0.3, 0.4) is 0 Å². The highest BCUT2D eigenvalue weighted by Gasteiger charge is 2.17. The molecule has 1 aliphatic rings. The molecule has 1 heterocycles. The number of carbonyl (C=O) groups excluding carboxylic acids is 1. The second-order valence-electron chi connectivity index (χ2n) is 5.67.